The molecule has 2 aliphatic rings. The van der Waals surface area contributed by atoms with Crippen molar-refractivity contribution in [1.82, 2.24) is 19.4 Å². The maximum absolute atomic E-state index is 13.9. The number of hydrogen-bond donors (Lipinski definition) is 2. The van der Waals surface area contributed by atoms with Gasteiger partial charge in [0.05, 0.1) is 23.5 Å². The van der Waals surface area contributed by atoms with Crippen molar-refractivity contribution in [3.63, 3.8) is 0 Å². The molecule has 9 nitrogen and oxygen atoms in total. The molecule has 17 heteroatoms. The van der Waals surface area contributed by atoms with E-state index in [1.54, 1.807) is 36.1 Å². The largest absolute Gasteiger partial charge is 0.447 e. The number of carbonyl (C=O) groups is 1. The van der Waals surface area contributed by atoms with Crippen molar-refractivity contribution in [3.05, 3.63) is 73.7 Å². The number of aliphatic hydroxyl groups excluding tert-OH is 1. The smallest absolute Gasteiger partial charge is 0.427 e. The van der Waals surface area contributed by atoms with Crippen molar-refractivity contribution in [2.45, 2.75) is 56.9 Å². The highest BCUT2D eigenvalue weighted by Crippen LogP contribution is 2.46. The molecule has 244 valence electrons. The first kappa shape index (κ1) is 32.1. The number of carbonyl (C=O) groups excluding carboxylic acids is 1. The molecule has 4 heterocycles. The predicted molar refractivity (Wildman–Crippen MR) is 157 cm³/mol. The zero-order valence-corrected chi connectivity index (χ0v) is 25.3. The number of aromatic nitrogens is 3. The number of halogens is 7. The summed E-state index contributed by atoms with van der Waals surface area (Å²) in [7, 11) is 0. The molecule has 0 spiro atoms. The Morgan fingerprint density at radius 3 is 2.52 bits per heavy atom. The molecule has 2 fully saturated rings. The molecular formula is C29H24ClF6N5O4S. The molecule has 0 saturated carbocycles. The number of aryl methyl sites for hydroxylation is 1. The fourth-order valence-corrected chi connectivity index (χ4v) is 6.80. The predicted octanol–water partition coefficient (Wildman–Crippen LogP) is 6.54. The molecule has 3 atom stereocenters. The first-order chi connectivity index (χ1) is 21.6. The van der Waals surface area contributed by atoms with Gasteiger partial charge in [-0.1, -0.05) is 23.7 Å². The molecular weight excluding hydrogens is 664 g/mol. The number of nitrogens with one attached hydrogen (secondary N) is 1. The van der Waals surface area contributed by atoms with E-state index < -0.39 is 45.7 Å². The lowest BCUT2D eigenvalue weighted by Gasteiger charge is -2.33. The Morgan fingerprint density at radius 2 is 1.85 bits per heavy atom. The van der Waals surface area contributed by atoms with Gasteiger partial charge in [0.25, 0.3) is 5.56 Å². The van der Waals surface area contributed by atoms with Crippen LogP contribution in [0.4, 0.5) is 36.8 Å². The van der Waals surface area contributed by atoms with Crippen LogP contribution in [0.3, 0.4) is 0 Å². The lowest BCUT2D eigenvalue weighted by atomic mass is 9.97. The highest BCUT2D eigenvalue weighted by molar-refractivity contribution is 7.15. The molecule has 2 saturated heterocycles. The third-order valence-electron chi connectivity index (χ3n) is 7.96. The zero-order valence-electron chi connectivity index (χ0n) is 23.7. The van der Waals surface area contributed by atoms with E-state index >= 15 is 0 Å². The average molecular weight is 688 g/mol. The molecule has 4 aromatic rings. The normalized spacial score (nSPS) is 19.3. The van der Waals surface area contributed by atoms with E-state index in [0.717, 1.165) is 5.56 Å². The maximum Gasteiger partial charge on any atom is 0.427 e. The molecule has 2 aromatic heterocycles. The maximum atomic E-state index is 13.9. The van der Waals surface area contributed by atoms with Gasteiger partial charge in [-0.2, -0.15) is 26.3 Å². The topological polar surface area (TPSA) is 110 Å². The molecule has 1 amide bonds. The molecule has 0 aliphatic carbocycles. The second-order valence-electron chi connectivity index (χ2n) is 11.1. The number of hydrogen-bond acceptors (Lipinski definition) is 8. The summed E-state index contributed by atoms with van der Waals surface area (Å²) in [4.78, 5) is 33.8. The third-order valence-corrected chi connectivity index (χ3v) is 9.36. The summed E-state index contributed by atoms with van der Waals surface area (Å²) in [6.07, 6.45) is -13.8. The highest BCUT2D eigenvalue weighted by Gasteiger charge is 2.48. The van der Waals surface area contributed by atoms with Gasteiger partial charge in [-0.25, -0.2) is 14.8 Å². The van der Waals surface area contributed by atoms with Crippen molar-refractivity contribution in [3.8, 4) is 10.6 Å². The lowest BCUT2D eigenvalue weighted by molar-refractivity contribution is -0.210. The summed E-state index contributed by atoms with van der Waals surface area (Å²) in [5, 5.41) is 13.2. The molecule has 6 rings (SSSR count). The van der Waals surface area contributed by atoms with Gasteiger partial charge in [0.1, 0.15) is 28.0 Å². The van der Waals surface area contributed by atoms with Gasteiger partial charge in [-0.15, -0.1) is 11.3 Å². The molecule has 2 aliphatic heterocycles. The third kappa shape index (κ3) is 6.12. The minimum absolute atomic E-state index is 0.0356. The molecule has 2 N–H and O–H groups in total. The molecule has 46 heavy (non-hydrogen) atoms. The van der Waals surface area contributed by atoms with E-state index in [4.69, 9.17) is 16.3 Å². The van der Waals surface area contributed by atoms with Crippen LogP contribution < -0.4 is 10.9 Å². The van der Waals surface area contributed by atoms with Crippen molar-refractivity contribution in [2.24, 2.45) is 0 Å². The zero-order chi connectivity index (χ0) is 33.1. The van der Waals surface area contributed by atoms with Crippen LogP contribution in [0, 0.1) is 6.92 Å². The van der Waals surface area contributed by atoms with Crippen molar-refractivity contribution in [1.29, 1.82) is 0 Å². The van der Waals surface area contributed by atoms with Crippen LogP contribution in [0.5, 0.6) is 0 Å². The van der Waals surface area contributed by atoms with Crippen molar-refractivity contribution < 1.29 is 41.0 Å². The second kappa shape index (κ2) is 11.7. The van der Waals surface area contributed by atoms with E-state index in [0.29, 0.717) is 24.4 Å². The van der Waals surface area contributed by atoms with Crippen LogP contribution in [-0.4, -0.2) is 62.0 Å². The Bertz CT molecular complexity index is 1880. The van der Waals surface area contributed by atoms with Gasteiger partial charge in [-0.3, -0.25) is 9.36 Å². The van der Waals surface area contributed by atoms with Gasteiger partial charge >= 0.3 is 18.4 Å². The molecule has 1 unspecified atom stereocenters. The first-order valence-corrected chi connectivity index (χ1v) is 15.1. The Balaban J connectivity index is 1.48. The number of piperidine rings is 1. The van der Waals surface area contributed by atoms with Crippen LogP contribution in [0.15, 0.2) is 41.2 Å². The highest BCUT2D eigenvalue weighted by atomic mass is 35.5. The molecule has 2 aromatic carbocycles. The molecule has 0 bridgehead atoms. The van der Waals surface area contributed by atoms with Crippen LogP contribution >= 0.6 is 22.9 Å². The van der Waals surface area contributed by atoms with Crippen molar-refractivity contribution >= 4 is 45.6 Å². The number of ether oxygens (including phenoxy) is 1. The number of nitrogens with zero attached hydrogens (tertiary/aromatic N) is 4. The molecule has 0 radical (unpaired) electrons. The number of thiazole rings is 1. The fraction of sp³-hybridized carbons (Fsp3) is 0.379. The fourth-order valence-electron chi connectivity index (χ4n) is 5.68. The Labute approximate surface area is 265 Å². The number of benzene rings is 2. The van der Waals surface area contributed by atoms with Crippen LogP contribution in [0.2, 0.25) is 5.02 Å². The van der Waals surface area contributed by atoms with Gasteiger partial charge in [0.2, 0.25) is 0 Å². The quantitative estimate of drug-likeness (QED) is 0.222. The van der Waals surface area contributed by atoms with Crippen molar-refractivity contribution in [2.75, 3.05) is 18.5 Å². The van der Waals surface area contributed by atoms with E-state index in [1.165, 1.54) is 16.7 Å². The standard InChI is InChI=1S/C29H24ClF6N5O4S/c1-13-37-21-9-18(25-39-22(23(42)28(31,32)33)24(46-25)29(34,35)36)20(38-16-6-7-40-17(8-16)12-45-27(40)44)10-19(21)26(43)41(13)11-14-2-4-15(30)5-3-14/h2-5,9-10,16-17,23,38,42H,6-8,11-12H2,1H3/t16-,17-,23?/m0/s1. The van der Waals surface area contributed by atoms with E-state index in [9.17, 15) is 41.0 Å². The summed E-state index contributed by atoms with van der Waals surface area (Å²) in [6, 6.07) is 8.92. The Morgan fingerprint density at radius 1 is 1.13 bits per heavy atom. The summed E-state index contributed by atoms with van der Waals surface area (Å²) in [5.74, 6) is 0.278. The summed E-state index contributed by atoms with van der Waals surface area (Å²) in [6.45, 7) is 2.20. The van der Waals surface area contributed by atoms with E-state index in [-0.39, 0.29) is 64.6 Å². The lowest BCUT2D eigenvalue weighted by Crippen LogP contribution is -2.45. The summed E-state index contributed by atoms with van der Waals surface area (Å²) in [5.41, 5.74) is -1.09. The summed E-state index contributed by atoms with van der Waals surface area (Å²) < 4.78 is 88.5. The monoisotopic (exact) mass is 687 g/mol. The second-order valence-corrected chi connectivity index (χ2v) is 12.5. The van der Waals surface area contributed by atoms with Gasteiger partial charge < -0.3 is 20.1 Å². The van der Waals surface area contributed by atoms with Gasteiger partial charge in [-0.05, 0) is 49.6 Å². The van der Waals surface area contributed by atoms with E-state index in [2.05, 4.69) is 15.3 Å². The van der Waals surface area contributed by atoms with Crippen LogP contribution in [0.1, 0.15) is 40.9 Å². The average Bonchev–Trinajstić information content (AvgIpc) is 3.59. The first-order valence-electron chi connectivity index (χ1n) is 13.9. The SMILES string of the molecule is Cc1nc2cc(-c3nc(C(O)C(F)(F)F)c(C(F)(F)F)s3)c(N[C@H]3CCN4C(=O)OC[C@@H]4C3)cc2c(=O)n1Cc1ccc(Cl)cc1. The minimum atomic E-state index is -5.40. The summed E-state index contributed by atoms with van der Waals surface area (Å²) >= 11 is 5.93. The number of anilines is 1. The van der Waals surface area contributed by atoms with Gasteiger partial charge in [0.15, 0.2) is 6.10 Å². The van der Waals surface area contributed by atoms with Crippen LogP contribution in [-0.2, 0) is 17.5 Å². The Hall–Kier alpha value is -3.89. The number of amides is 1. The number of alkyl halides is 6. The number of fused-ring (bicyclic) bond motifs is 2. The Kier molecular flexibility index (Phi) is 8.17. The van der Waals surface area contributed by atoms with Gasteiger partial charge in [0, 0.05) is 28.9 Å². The van der Waals surface area contributed by atoms with Crippen LogP contribution in [0.25, 0.3) is 21.5 Å². The number of rotatable bonds is 6. The number of aliphatic hydroxyl groups is 1. The number of cyclic esters (lactones) is 1. The minimum Gasteiger partial charge on any atom is -0.447 e. The van der Waals surface area contributed by atoms with E-state index in [1.807, 2.05) is 0 Å².